The molecule has 2 aliphatic heterocycles. The lowest BCUT2D eigenvalue weighted by molar-refractivity contribution is -0.174. The first kappa shape index (κ1) is 22.0. The maximum Gasteiger partial charge on any atom is 0.702 e. The largest absolute Gasteiger partial charge is 0.702 e. The van der Waals surface area contributed by atoms with Crippen LogP contribution in [-0.2, 0) is 23.1 Å². The Morgan fingerprint density at radius 1 is 0.700 bits per heavy atom. The van der Waals surface area contributed by atoms with Gasteiger partial charge in [-0.05, 0) is 25.7 Å². The molecule has 2 atom stereocenters. The van der Waals surface area contributed by atoms with Crippen LogP contribution in [0, 0.1) is 0 Å². The average molecular weight is 462 g/mol. The Hall–Kier alpha value is -1.19. The van der Waals surface area contributed by atoms with Gasteiger partial charge >= 0.3 is 8.25 Å². The number of hydrogen-bond acceptors (Lipinski definition) is 5. The lowest BCUT2D eigenvalue weighted by atomic mass is 10.2. The molecule has 2 fully saturated rings. The first-order chi connectivity index (χ1) is 14.7. The highest BCUT2D eigenvalue weighted by molar-refractivity contribution is 7.33. The molecule has 30 heavy (non-hydrogen) atoms. The summed E-state index contributed by atoms with van der Waals surface area (Å²) in [6, 6.07) is 20.6. The van der Waals surface area contributed by atoms with Gasteiger partial charge in [0.25, 0.3) is 0 Å². The van der Waals surface area contributed by atoms with Crippen molar-refractivity contribution in [1.29, 1.82) is 0 Å². The van der Waals surface area contributed by atoms with Gasteiger partial charge in [0, 0.05) is 30.6 Å². The molecule has 2 unspecified atom stereocenters. The molecule has 5 nitrogen and oxygen atoms in total. The van der Waals surface area contributed by atoms with E-state index in [0.29, 0.717) is 13.2 Å². The highest BCUT2D eigenvalue weighted by Crippen LogP contribution is 2.42. The van der Waals surface area contributed by atoms with E-state index in [1.54, 1.807) is 0 Å². The Morgan fingerprint density at radius 2 is 1.13 bits per heavy atom. The second-order valence-corrected chi connectivity index (χ2v) is 13.5. The molecule has 0 spiro atoms. The molecule has 0 bridgehead atoms. The molecule has 2 aromatic carbocycles. The van der Waals surface area contributed by atoms with Gasteiger partial charge in [-0.1, -0.05) is 80.1 Å². The fourth-order valence-corrected chi connectivity index (χ4v) is 9.87. The Morgan fingerprint density at radius 3 is 1.50 bits per heavy atom. The molecule has 0 N–H and O–H groups in total. The quantitative estimate of drug-likeness (QED) is 0.446. The second kappa shape index (κ2) is 10.4. The monoisotopic (exact) mass is 461 g/mol. The van der Waals surface area contributed by atoms with Crippen molar-refractivity contribution in [2.75, 3.05) is 13.2 Å². The van der Waals surface area contributed by atoms with Crippen LogP contribution in [0.15, 0.2) is 60.7 Å². The standard InChI is InChI=1S/C22H30O5PSi2/c23-28(26-21(15-7-9-17-24-21)29-19-11-3-1-4-12-19)27-22(16-8-10-18-25-22)30-20-13-5-2-6-14-20/h1-6,11-14H,7-10,15-18,29-30H2/q+1. The third kappa shape index (κ3) is 5.95. The number of hydrogen-bond donors (Lipinski definition) is 0. The van der Waals surface area contributed by atoms with Crippen LogP contribution in [0.3, 0.4) is 0 Å². The molecule has 2 saturated heterocycles. The summed E-state index contributed by atoms with van der Waals surface area (Å²) < 4.78 is 37.6. The molecule has 0 saturated carbocycles. The normalized spacial score (nSPS) is 28.3. The summed E-state index contributed by atoms with van der Waals surface area (Å²) in [4.78, 5) is 0. The summed E-state index contributed by atoms with van der Waals surface area (Å²) in [7, 11) is -4.26. The third-order valence-corrected chi connectivity index (χ3v) is 11.4. The minimum Gasteiger partial charge on any atom is -0.349 e. The molecule has 2 aromatic rings. The van der Waals surface area contributed by atoms with E-state index in [2.05, 4.69) is 24.3 Å². The van der Waals surface area contributed by atoms with Crippen LogP contribution in [0.2, 0.25) is 0 Å². The molecule has 0 aliphatic carbocycles. The van der Waals surface area contributed by atoms with E-state index in [9.17, 15) is 4.57 Å². The van der Waals surface area contributed by atoms with Crippen molar-refractivity contribution < 1.29 is 23.1 Å². The summed E-state index contributed by atoms with van der Waals surface area (Å²) >= 11 is 0. The van der Waals surface area contributed by atoms with Crippen molar-refractivity contribution in [3.05, 3.63) is 60.7 Å². The summed E-state index contributed by atoms with van der Waals surface area (Å²) in [5.41, 5.74) is -1.53. The van der Waals surface area contributed by atoms with E-state index >= 15 is 0 Å². The van der Waals surface area contributed by atoms with Gasteiger partial charge in [-0.25, -0.2) is 0 Å². The number of benzene rings is 2. The van der Waals surface area contributed by atoms with Crippen molar-refractivity contribution in [2.24, 2.45) is 0 Å². The Kier molecular flexibility index (Phi) is 7.65. The van der Waals surface area contributed by atoms with E-state index in [1.165, 1.54) is 10.4 Å². The van der Waals surface area contributed by atoms with Gasteiger partial charge in [-0.15, -0.1) is 0 Å². The van der Waals surface area contributed by atoms with Crippen LogP contribution in [0.4, 0.5) is 0 Å². The van der Waals surface area contributed by atoms with Crippen LogP contribution in [0.25, 0.3) is 0 Å². The predicted molar refractivity (Wildman–Crippen MR) is 124 cm³/mol. The highest BCUT2D eigenvalue weighted by atomic mass is 31.1. The van der Waals surface area contributed by atoms with Crippen molar-refractivity contribution in [3.63, 3.8) is 0 Å². The molecule has 0 radical (unpaired) electrons. The fraction of sp³-hybridized carbons (Fsp3) is 0.455. The van der Waals surface area contributed by atoms with Gasteiger partial charge in [0.1, 0.15) is 19.0 Å². The molecule has 0 aromatic heterocycles. The van der Waals surface area contributed by atoms with Gasteiger partial charge in [0.05, 0.1) is 0 Å². The molecule has 8 heteroatoms. The van der Waals surface area contributed by atoms with Crippen LogP contribution >= 0.6 is 8.25 Å². The molecular formula is C22H30O5PSi2+. The van der Waals surface area contributed by atoms with Gasteiger partial charge in [0.2, 0.25) is 10.8 Å². The lowest BCUT2D eigenvalue weighted by Crippen LogP contribution is -2.50. The summed E-state index contributed by atoms with van der Waals surface area (Å²) in [5, 5.41) is 2.48. The zero-order chi connectivity index (χ0) is 20.7. The van der Waals surface area contributed by atoms with E-state index in [-0.39, 0.29) is 0 Å². The van der Waals surface area contributed by atoms with Crippen LogP contribution < -0.4 is 10.4 Å². The van der Waals surface area contributed by atoms with Crippen molar-refractivity contribution in [1.82, 2.24) is 0 Å². The van der Waals surface area contributed by atoms with Crippen molar-refractivity contribution in [3.8, 4) is 0 Å². The van der Waals surface area contributed by atoms with Gasteiger partial charge in [-0.2, -0.15) is 0 Å². The topological polar surface area (TPSA) is 54.0 Å². The number of rotatable bonds is 8. The summed E-state index contributed by atoms with van der Waals surface area (Å²) in [6.07, 6.45) is 5.59. The SMILES string of the molecule is O=[P+](OC1([SiH2]c2ccccc2)CCCCO1)OC1([SiH2]c2ccccc2)CCCCO1. The van der Waals surface area contributed by atoms with E-state index in [4.69, 9.17) is 18.5 Å². The fourth-order valence-electron chi connectivity index (χ4n) is 4.24. The first-order valence-electron chi connectivity index (χ1n) is 10.9. The molecule has 160 valence electrons. The lowest BCUT2D eigenvalue weighted by Gasteiger charge is -2.34. The smallest absolute Gasteiger partial charge is 0.349 e. The van der Waals surface area contributed by atoms with E-state index in [1.807, 2.05) is 36.4 Å². The highest BCUT2D eigenvalue weighted by Gasteiger charge is 2.50. The van der Waals surface area contributed by atoms with Gasteiger partial charge < -0.3 is 9.47 Å². The Bertz CT molecular complexity index is 741. The maximum atomic E-state index is 13.2. The second-order valence-electron chi connectivity index (χ2n) is 8.16. The number of ether oxygens (including phenoxy) is 2. The molecule has 2 heterocycles. The van der Waals surface area contributed by atoms with Crippen LogP contribution in [0.1, 0.15) is 38.5 Å². The van der Waals surface area contributed by atoms with Gasteiger partial charge in [0.15, 0.2) is 0 Å². The Labute approximate surface area is 184 Å². The van der Waals surface area contributed by atoms with Crippen LogP contribution in [0.5, 0.6) is 0 Å². The minimum atomic E-state index is -2.35. The zero-order valence-electron chi connectivity index (χ0n) is 17.3. The summed E-state index contributed by atoms with van der Waals surface area (Å²) in [5.74, 6) is 0. The Balaban J connectivity index is 1.48. The van der Waals surface area contributed by atoms with E-state index < -0.39 is 38.1 Å². The molecular weight excluding hydrogens is 431 g/mol. The minimum absolute atomic E-state index is 0.642. The molecule has 0 amide bonds. The summed E-state index contributed by atoms with van der Waals surface area (Å²) in [6.45, 7) is 1.28. The zero-order valence-corrected chi connectivity index (χ0v) is 21.1. The maximum absolute atomic E-state index is 13.2. The van der Waals surface area contributed by atoms with Crippen molar-refractivity contribution in [2.45, 2.75) is 49.3 Å². The third-order valence-electron chi connectivity index (χ3n) is 5.75. The van der Waals surface area contributed by atoms with Gasteiger partial charge in [-0.3, -0.25) is 0 Å². The molecule has 4 rings (SSSR count). The average Bonchev–Trinajstić information content (AvgIpc) is 2.76. The van der Waals surface area contributed by atoms with Crippen molar-refractivity contribution >= 4 is 37.7 Å². The van der Waals surface area contributed by atoms with E-state index in [0.717, 1.165) is 38.5 Å². The van der Waals surface area contributed by atoms with Crippen LogP contribution in [-0.4, -0.2) is 43.1 Å². The molecule has 2 aliphatic rings. The predicted octanol–water partition coefficient (Wildman–Crippen LogP) is 2.37. The first-order valence-corrected chi connectivity index (χ1v) is 14.8.